The van der Waals surface area contributed by atoms with Gasteiger partial charge in [0.15, 0.2) is 0 Å². The topological polar surface area (TPSA) is 92.9 Å². The summed E-state index contributed by atoms with van der Waals surface area (Å²) in [5.41, 5.74) is 6.74. The molecule has 2 aromatic rings. The normalized spacial score (nSPS) is 11.4. The molecule has 2 rings (SSSR count). The number of carbonyl (C=O) groups excluding carboxylic acids is 1. The fourth-order valence-corrected chi connectivity index (χ4v) is 1.89. The van der Waals surface area contributed by atoms with Gasteiger partial charge in [0.2, 0.25) is 5.91 Å². The molecule has 6 nitrogen and oxygen atoms in total. The van der Waals surface area contributed by atoms with Crippen LogP contribution >= 0.6 is 0 Å². The Hall–Kier alpha value is -2.34. The second-order valence-electron chi connectivity index (χ2n) is 5.72. The number of H-pyrrole nitrogens is 1. The number of nitrogens with two attached hydrogens (primary N) is 1. The van der Waals surface area contributed by atoms with E-state index in [0.29, 0.717) is 18.5 Å². The van der Waals surface area contributed by atoms with Gasteiger partial charge in [-0.25, -0.2) is 4.79 Å². The summed E-state index contributed by atoms with van der Waals surface area (Å²) in [6.07, 6.45) is 4.23. The Bertz CT molecular complexity index is 662. The lowest BCUT2D eigenvalue weighted by atomic mass is 10.00. The van der Waals surface area contributed by atoms with Crippen LogP contribution in [0.2, 0.25) is 0 Å². The van der Waals surface area contributed by atoms with Gasteiger partial charge >= 0.3 is 5.69 Å². The molecule has 0 spiro atoms. The minimum atomic E-state index is -0.351. The number of carbonyl (C=O) groups is 1. The Morgan fingerprint density at radius 1 is 1.33 bits per heavy atom. The summed E-state index contributed by atoms with van der Waals surface area (Å²) in [5.74, 6) is -0.0694. The number of anilines is 1. The van der Waals surface area contributed by atoms with E-state index >= 15 is 0 Å². The van der Waals surface area contributed by atoms with Gasteiger partial charge in [-0.2, -0.15) is 0 Å². The molecule has 6 heteroatoms. The van der Waals surface area contributed by atoms with Crippen molar-refractivity contribution >= 4 is 11.6 Å². The van der Waals surface area contributed by atoms with E-state index in [4.69, 9.17) is 5.73 Å². The zero-order chi connectivity index (χ0) is 15.5. The number of hydrogen-bond donors (Lipinski definition) is 3. The molecule has 0 aliphatic carbocycles. The first-order chi connectivity index (χ1) is 9.85. The number of aromatic amines is 1. The van der Waals surface area contributed by atoms with Crippen molar-refractivity contribution in [2.75, 3.05) is 5.32 Å². The molecule has 21 heavy (non-hydrogen) atoms. The average Bonchev–Trinajstić information content (AvgIpc) is 2.83. The summed E-state index contributed by atoms with van der Waals surface area (Å²) >= 11 is 0. The lowest BCUT2D eigenvalue weighted by molar-refractivity contribution is -0.116. The molecule has 0 saturated carbocycles. The van der Waals surface area contributed by atoms with Crippen LogP contribution in [0.25, 0.3) is 5.69 Å². The van der Waals surface area contributed by atoms with Crippen molar-refractivity contribution in [3.05, 3.63) is 47.1 Å². The maximum absolute atomic E-state index is 11.8. The van der Waals surface area contributed by atoms with E-state index in [9.17, 15) is 9.59 Å². The number of imidazole rings is 1. The number of aromatic nitrogens is 2. The van der Waals surface area contributed by atoms with Gasteiger partial charge in [-0.15, -0.1) is 0 Å². The van der Waals surface area contributed by atoms with E-state index in [1.54, 1.807) is 36.7 Å². The van der Waals surface area contributed by atoms with Crippen LogP contribution in [0.5, 0.6) is 0 Å². The number of benzene rings is 1. The summed E-state index contributed by atoms with van der Waals surface area (Å²) in [6, 6.07) is 7.08. The SMILES string of the molecule is CC(C)(N)CCC(=O)Nc1ccc(-n2cc[nH]c2=O)cc1. The monoisotopic (exact) mass is 288 g/mol. The van der Waals surface area contributed by atoms with Crippen LogP contribution in [0.15, 0.2) is 41.5 Å². The number of hydrogen-bond acceptors (Lipinski definition) is 3. The van der Waals surface area contributed by atoms with Gasteiger partial charge in [0, 0.05) is 30.0 Å². The zero-order valence-corrected chi connectivity index (χ0v) is 12.2. The molecular weight excluding hydrogens is 268 g/mol. The first-order valence-corrected chi connectivity index (χ1v) is 6.80. The maximum atomic E-state index is 11.8. The van der Waals surface area contributed by atoms with Crippen LogP contribution in [-0.4, -0.2) is 21.0 Å². The van der Waals surface area contributed by atoms with Crippen molar-refractivity contribution in [3.63, 3.8) is 0 Å². The van der Waals surface area contributed by atoms with Crippen molar-refractivity contribution in [1.82, 2.24) is 9.55 Å². The van der Waals surface area contributed by atoms with E-state index in [-0.39, 0.29) is 17.1 Å². The van der Waals surface area contributed by atoms with Gasteiger partial charge in [-0.3, -0.25) is 9.36 Å². The summed E-state index contributed by atoms with van der Waals surface area (Å²) in [6.45, 7) is 3.79. The highest BCUT2D eigenvalue weighted by atomic mass is 16.2. The molecule has 1 aromatic heterocycles. The van der Waals surface area contributed by atoms with Crippen LogP contribution in [0.3, 0.4) is 0 Å². The molecule has 1 aromatic carbocycles. The van der Waals surface area contributed by atoms with Gasteiger partial charge in [0.1, 0.15) is 0 Å². The first kappa shape index (κ1) is 15.1. The van der Waals surface area contributed by atoms with Gasteiger partial charge < -0.3 is 16.0 Å². The lowest BCUT2D eigenvalue weighted by Crippen LogP contribution is -2.33. The molecule has 1 heterocycles. The highest BCUT2D eigenvalue weighted by Crippen LogP contribution is 2.13. The third kappa shape index (κ3) is 4.32. The first-order valence-electron chi connectivity index (χ1n) is 6.80. The minimum absolute atomic E-state index is 0.0694. The molecule has 0 aliphatic rings. The third-order valence-electron chi connectivity index (χ3n) is 3.07. The molecule has 0 saturated heterocycles. The van der Waals surface area contributed by atoms with Crippen LogP contribution < -0.4 is 16.7 Å². The van der Waals surface area contributed by atoms with E-state index in [1.165, 1.54) is 4.57 Å². The summed E-state index contributed by atoms with van der Waals surface area (Å²) < 4.78 is 1.49. The lowest BCUT2D eigenvalue weighted by Gasteiger charge is -2.17. The minimum Gasteiger partial charge on any atom is -0.326 e. The maximum Gasteiger partial charge on any atom is 0.330 e. The Labute approximate surface area is 123 Å². The molecule has 112 valence electrons. The summed E-state index contributed by atoms with van der Waals surface area (Å²) in [4.78, 5) is 25.9. The van der Waals surface area contributed by atoms with Crippen molar-refractivity contribution in [3.8, 4) is 5.69 Å². The van der Waals surface area contributed by atoms with Gasteiger partial charge in [0.25, 0.3) is 0 Å². The van der Waals surface area contributed by atoms with Crippen LogP contribution in [0.1, 0.15) is 26.7 Å². The van der Waals surface area contributed by atoms with Crippen LogP contribution in [0, 0.1) is 0 Å². The van der Waals surface area contributed by atoms with Gasteiger partial charge in [-0.1, -0.05) is 0 Å². The van der Waals surface area contributed by atoms with E-state index in [2.05, 4.69) is 10.3 Å². The molecule has 0 unspecified atom stereocenters. The Kier molecular flexibility index (Phi) is 4.28. The smallest absolute Gasteiger partial charge is 0.326 e. The summed E-state index contributed by atoms with van der Waals surface area (Å²) in [7, 11) is 0. The zero-order valence-electron chi connectivity index (χ0n) is 12.2. The predicted molar refractivity (Wildman–Crippen MR) is 82.5 cm³/mol. The second kappa shape index (κ2) is 5.97. The third-order valence-corrected chi connectivity index (χ3v) is 3.07. The summed E-state index contributed by atoms with van der Waals surface area (Å²) in [5, 5.41) is 2.81. The average molecular weight is 288 g/mol. The molecule has 4 N–H and O–H groups in total. The molecule has 0 fully saturated rings. The molecule has 0 bridgehead atoms. The number of nitrogens with zero attached hydrogens (tertiary/aromatic N) is 1. The predicted octanol–water partition coefficient (Wildman–Crippen LogP) is 1.62. The van der Waals surface area contributed by atoms with Gasteiger partial charge in [0.05, 0.1) is 5.69 Å². The van der Waals surface area contributed by atoms with E-state index < -0.39 is 0 Å². The van der Waals surface area contributed by atoms with E-state index in [1.807, 2.05) is 13.8 Å². The number of nitrogens with one attached hydrogen (secondary N) is 2. The van der Waals surface area contributed by atoms with E-state index in [0.717, 1.165) is 5.69 Å². The van der Waals surface area contributed by atoms with Crippen LogP contribution in [-0.2, 0) is 4.79 Å². The Balaban J connectivity index is 1.98. The molecule has 1 amide bonds. The largest absolute Gasteiger partial charge is 0.330 e. The Morgan fingerprint density at radius 3 is 2.52 bits per heavy atom. The van der Waals surface area contributed by atoms with Crippen molar-refractivity contribution in [1.29, 1.82) is 0 Å². The van der Waals surface area contributed by atoms with Crippen molar-refractivity contribution in [2.45, 2.75) is 32.2 Å². The van der Waals surface area contributed by atoms with Crippen LogP contribution in [0.4, 0.5) is 5.69 Å². The highest BCUT2D eigenvalue weighted by molar-refractivity contribution is 5.90. The molecular formula is C15H20N4O2. The van der Waals surface area contributed by atoms with Crippen molar-refractivity contribution in [2.24, 2.45) is 5.73 Å². The standard InChI is InChI=1S/C15H20N4O2/c1-15(2,16)8-7-13(20)18-11-3-5-12(6-4-11)19-10-9-17-14(19)21/h3-6,9-10H,7-8,16H2,1-2H3,(H,17,21)(H,18,20). The molecule has 0 aliphatic heterocycles. The molecule has 0 radical (unpaired) electrons. The number of amides is 1. The van der Waals surface area contributed by atoms with Crippen molar-refractivity contribution < 1.29 is 4.79 Å². The highest BCUT2D eigenvalue weighted by Gasteiger charge is 2.13. The number of rotatable bonds is 5. The fourth-order valence-electron chi connectivity index (χ4n) is 1.89. The second-order valence-corrected chi connectivity index (χ2v) is 5.72. The fraction of sp³-hybridized carbons (Fsp3) is 0.333. The van der Waals surface area contributed by atoms with Gasteiger partial charge in [-0.05, 0) is 44.5 Å². The molecule has 0 atom stereocenters. The Morgan fingerprint density at radius 2 is 2.00 bits per heavy atom. The quantitative estimate of drug-likeness (QED) is 0.780.